The fourth-order valence-corrected chi connectivity index (χ4v) is 2.12. The molecule has 0 bridgehead atoms. The molecule has 1 aliphatic rings. The second kappa shape index (κ2) is 6.66. The van der Waals surface area contributed by atoms with E-state index in [4.69, 9.17) is 21.4 Å². The van der Waals surface area contributed by atoms with Crippen molar-refractivity contribution < 1.29 is 9.26 Å². The van der Waals surface area contributed by atoms with Crippen LogP contribution in [0.3, 0.4) is 0 Å². The lowest BCUT2D eigenvalue weighted by Crippen LogP contribution is -2.39. The molecule has 1 aromatic heterocycles. The molecule has 0 saturated carbocycles. The zero-order valence-electron chi connectivity index (χ0n) is 11.2. The molecule has 6 nitrogen and oxygen atoms in total. The Labute approximate surface area is 113 Å². The third-order valence-electron chi connectivity index (χ3n) is 3.09. The molecular formula is C13H20N4O2. The average molecular weight is 264 g/mol. The molecule has 104 valence electrons. The summed E-state index contributed by atoms with van der Waals surface area (Å²) >= 11 is 0. The van der Waals surface area contributed by atoms with Crippen molar-refractivity contribution in [1.29, 1.82) is 0 Å². The number of nitrogens with zero attached hydrogens (tertiary/aromatic N) is 3. The smallest absolute Gasteiger partial charge is 0.244 e. The molecule has 1 saturated heterocycles. The molecule has 2 heterocycles. The van der Waals surface area contributed by atoms with E-state index < -0.39 is 6.04 Å². The minimum atomic E-state index is -0.401. The van der Waals surface area contributed by atoms with Gasteiger partial charge in [-0.2, -0.15) is 4.98 Å². The van der Waals surface area contributed by atoms with Crippen molar-refractivity contribution in [2.75, 3.05) is 26.2 Å². The van der Waals surface area contributed by atoms with Crippen LogP contribution >= 0.6 is 0 Å². The number of terminal acetylenes is 1. The van der Waals surface area contributed by atoms with Crippen molar-refractivity contribution in [3.63, 3.8) is 0 Å². The first-order valence-electron chi connectivity index (χ1n) is 6.61. The van der Waals surface area contributed by atoms with Crippen LogP contribution in [0.4, 0.5) is 0 Å². The lowest BCUT2D eigenvalue weighted by Gasteiger charge is -2.30. The molecule has 6 heteroatoms. The summed E-state index contributed by atoms with van der Waals surface area (Å²) < 4.78 is 10.8. The van der Waals surface area contributed by atoms with Gasteiger partial charge in [-0.15, -0.1) is 12.3 Å². The molecule has 1 aliphatic heterocycles. The van der Waals surface area contributed by atoms with Gasteiger partial charge in [0.1, 0.15) is 6.10 Å². The summed E-state index contributed by atoms with van der Waals surface area (Å²) in [5.74, 6) is 3.42. The minimum absolute atomic E-state index is 0.143. The van der Waals surface area contributed by atoms with Crippen LogP contribution in [-0.4, -0.2) is 41.3 Å². The zero-order valence-corrected chi connectivity index (χ0v) is 11.2. The average Bonchev–Trinajstić information content (AvgIpc) is 2.89. The first-order chi connectivity index (χ1) is 9.24. The number of hydrogen-bond donors (Lipinski definition) is 1. The molecule has 0 spiro atoms. The number of aromatic nitrogens is 2. The molecule has 2 N–H and O–H groups in total. The Morgan fingerprint density at radius 2 is 2.47 bits per heavy atom. The van der Waals surface area contributed by atoms with Crippen molar-refractivity contribution >= 4 is 0 Å². The summed E-state index contributed by atoms with van der Waals surface area (Å²) in [6, 6.07) is -0.401. The quantitative estimate of drug-likeness (QED) is 0.795. The molecule has 0 aromatic carbocycles. The van der Waals surface area contributed by atoms with Gasteiger partial charge in [-0.25, -0.2) is 0 Å². The molecule has 0 aliphatic carbocycles. The van der Waals surface area contributed by atoms with E-state index in [0.29, 0.717) is 24.7 Å². The zero-order chi connectivity index (χ0) is 13.7. The minimum Gasteiger partial charge on any atom is -0.367 e. The monoisotopic (exact) mass is 264 g/mol. The molecular weight excluding hydrogens is 244 g/mol. The van der Waals surface area contributed by atoms with E-state index in [1.165, 1.54) is 0 Å². The van der Waals surface area contributed by atoms with Crippen molar-refractivity contribution in [1.82, 2.24) is 15.0 Å². The summed E-state index contributed by atoms with van der Waals surface area (Å²) in [6.45, 7) is 5.64. The maximum Gasteiger partial charge on any atom is 0.244 e. The second-order valence-electron chi connectivity index (χ2n) is 4.67. The van der Waals surface area contributed by atoms with Crippen LogP contribution in [0.5, 0.6) is 0 Å². The predicted octanol–water partition coefficient (Wildman–Crippen LogP) is 0.876. The lowest BCUT2D eigenvalue weighted by molar-refractivity contribution is -0.0350. The van der Waals surface area contributed by atoms with Gasteiger partial charge >= 0.3 is 0 Å². The van der Waals surface area contributed by atoms with Crippen LogP contribution in [0.1, 0.15) is 43.6 Å². The Kier molecular flexibility index (Phi) is 4.91. The molecule has 2 unspecified atom stereocenters. The van der Waals surface area contributed by atoms with Crippen LogP contribution in [0.2, 0.25) is 0 Å². The molecule has 0 amide bonds. The predicted molar refractivity (Wildman–Crippen MR) is 70.1 cm³/mol. The van der Waals surface area contributed by atoms with Gasteiger partial charge in [0.25, 0.3) is 0 Å². The Balaban J connectivity index is 2.00. The van der Waals surface area contributed by atoms with Crippen LogP contribution < -0.4 is 5.73 Å². The summed E-state index contributed by atoms with van der Waals surface area (Å²) in [4.78, 5) is 6.64. The normalized spacial score (nSPS) is 22.1. The summed E-state index contributed by atoms with van der Waals surface area (Å²) in [6.07, 6.45) is 6.58. The molecule has 1 aromatic rings. The number of rotatable bonds is 5. The fraction of sp³-hybridized carbons (Fsp3) is 0.692. The van der Waals surface area contributed by atoms with E-state index in [0.717, 1.165) is 26.1 Å². The van der Waals surface area contributed by atoms with Crippen molar-refractivity contribution in [3.8, 4) is 12.3 Å². The SMILES string of the molecule is C#CCC(N)c1nc(C2CN(CCC)CCO2)no1. The van der Waals surface area contributed by atoms with E-state index in [9.17, 15) is 0 Å². The van der Waals surface area contributed by atoms with Gasteiger partial charge in [0.05, 0.1) is 12.6 Å². The number of nitrogens with two attached hydrogens (primary N) is 1. The van der Waals surface area contributed by atoms with Crippen LogP contribution in [0, 0.1) is 12.3 Å². The molecule has 1 fully saturated rings. The van der Waals surface area contributed by atoms with Crippen molar-refractivity contribution in [2.45, 2.75) is 31.9 Å². The molecule has 2 rings (SSSR count). The van der Waals surface area contributed by atoms with Crippen LogP contribution in [-0.2, 0) is 4.74 Å². The fourth-order valence-electron chi connectivity index (χ4n) is 2.12. The van der Waals surface area contributed by atoms with Gasteiger partial charge < -0.3 is 15.0 Å². The summed E-state index contributed by atoms with van der Waals surface area (Å²) in [5.41, 5.74) is 5.83. The van der Waals surface area contributed by atoms with Crippen LogP contribution in [0.25, 0.3) is 0 Å². The van der Waals surface area contributed by atoms with Crippen molar-refractivity contribution in [3.05, 3.63) is 11.7 Å². The number of ether oxygens (including phenoxy) is 1. The van der Waals surface area contributed by atoms with E-state index in [1.54, 1.807) is 0 Å². The number of hydrogen-bond acceptors (Lipinski definition) is 6. The first kappa shape index (κ1) is 14.0. The van der Waals surface area contributed by atoms with Gasteiger partial charge in [-0.1, -0.05) is 12.1 Å². The maximum absolute atomic E-state index is 5.83. The Morgan fingerprint density at radius 1 is 1.63 bits per heavy atom. The van der Waals surface area contributed by atoms with E-state index in [1.807, 2.05) is 0 Å². The number of morpholine rings is 1. The maximum atomic E-state index is 5.83. The van der Waals surface area contributed by atoms with Gasteiger partial charge in [-0.3, -0.25) is 4.90 Å². The highest BCUT2D eigenvalue weighted by Crippen LogP contribution is 2.21. The molecule has 2 atom stereocenters. The first-order valence-corrected chi connectivity index (χ1v) is 6.61. The van der Waals surface area contributed by atoms with Gasteiger partial charge in [-0.05, 0) is 13.0 Å². The highest BCUT2D eigenvalue weighted by molar-refractivity contribution is 5.00. The third kappa shape index (κ3) is 3.53. The van der Waals surface area contributed by atoms with Gasteiger partial charge in [0.2, 0.25) is 11.7 Å². The topological polar surface area (TPSA) is 77.4 Å². The Morgan fingerprint density at radius 3 is 3.21 bits per heavy atom. The van der Waals surface area contributed by atoms with Crippen LogP contribution in [0.15, 0.2) is 4.52 Å². The van der Waals surface area contributed by atoms with Gasteiger partial charge in [0.15, 0.2) is 0 Å². The third-order valence-corrected chi connectivity index (χ3v) is 3.09. The molecule has 0 radical (unpaired) electrons. The van der Waals surface area contributed by atoms with Gasteiger partial charge in [0, 0.05) is 19.5 Å². The Bertz CT molecular complexity index is 438. The van der Waals surface area contributed by atoms with E-state index in [-0.39, 0.29) is 6.10 Å². The Hall–Kier alpha value is -1.42. The van der Waals surface area contributed by atoms with E-state index >= 15 is 0 Å². The summed E-state index contributed by atoms with van der Waals surface area (Å²) in [7, 11) is 0. The highest BCUT2D eigenvalue weighted by atomic mass is 16.5. The highest BCUT2D eigenvalue weighted by Gasteiger charge is 2.26. The van der Waals surface area contributed by atoms with E-state index in [2.05, 4.69) is 27.9 Å². The lowest BCUT2D eigenvalue weighted by atomic mass is 10.2. The van der Waals surface area contributed by atoms with Crippen molar-refractivity contribution in [2.24, 2.45) is 5.73 Å². The molecule has 19 heavy (non-hydrogen) atoms. The largest absolute Gasteiger partial charge is 0.367 e. The second-order valence-corrected chi connectivity index (χ2v) is 4.67. The summed E-state index contributed by atoms with van der Waals surface area (Å²) in [5, 5.41) is 3.95. The standard InChI is InChI=1S/C13H20N4O2/c1-3-5-10(14)13-15-12(16-19-13)11-9-17(6-4-2)7-8-18-11/h1,10-11H,4-9,14H2,2H3.